The second-order valence-corrected chi connectivity index (χ2v) is 5.92. The molecule has 0 amide bonds. The SMILES string of the molecule is CCC1CCCCCN1CCCC(N)(CC)CO. The molecule has 1 heterocycles. The van der Waals surface area contributed by atoms with Crippen LogP contribution in [-0.2, 0) is 0 Å². The van der Waals surface area contributed by atoms with E-state index in [1.54, 1.807) is 0 Å². The van der Waals surface area contributed by atoms with E-state index in [1.165, 1.54) is 38.6 Å². The molecule has 1 rings (SSSR count). The average Bonchev–Trinajstić information content (AvgIpc) is 2.63. The van der Waals surface area contributed by atoms with Gasteiger partial charge in [0.2, 0.25) is 0 Å². The largest absolute Gasteiger partial charge is 0.394 e. The average molecular weight is 256 g/mol. The summed E-state index contributed by atoms with van der Waals surface area (Å²) < 4.78 is 0. The molecule has 0 bridgehead atoms. The number of nitrogens with two attached hydrogens (primary N) is 1. The van der Waals surface area contributed by atoms with Crippen LogP contribution in [0.4, 0.5) is 0 Å². The molecule has 2 atom stereocenters. The minimum Gasteiger partial charge on any atom is -0.394 e. The maximum Gasteiger partial charge on any atom is 0.0611 e. The number of rotatable bonds is 7. The number of hydrogen-bond acceptors (Lipinski definition) is 3. The molecule has 1 saturated heterocycles. The van der Waals surface area contributed by atoms with Crippen molar-refractivity contribution in [3.05, 3.63) is 0 Å². The highest BCUT2D eigenvalue weighted by Crippen LogP contribution is 2.21. The Balaban J connectivity index is 2.35. The van der Waals surface area contributed by atoms with E-state index >= 15 is 0 Å². The lowest BCUT2D eigenvalue weighted by Crippen LogP contribution is -2.44. The molecule has 108 valence electrons. The Morgan fingerprint density at radius 2 is 2.06 bits per heavy atom. The lowest BCUT2D eigenvalue weighted by Gasteiger charge is -2.31. The highest BCUT2D eigenvalue weighted by Gasteiger charge is 2.23. The number of nitrogens with zero attached hydrogens (tertiary/aromatic N) is 1. The zero-order valence-corrected chi connectivity index (χ0v) is 12.3. The maximum absolute atomic E-state index is 9.33. The zero-order valence-electron chi connectivity index (χ0n) is 12.3. The van der Waals surface area contributed by atoms with Gasteiger partial charge in [-0.15, -0.1) is 0 Å². The maximum atomic E-state index is 9.33. The minimum atomic E-state index is -0.354. The Labute approximate surface area is 113 Å². The van der Waals surface area contributed by atoms with Gasteiger partial charge in [0.15, 0.2) is 0 Å². The molecule has 0 aromatic rings. The summed E-state index contributed by atoms with van der Waals surface area (Å²) in [5.74, 6) is 0. The highest BCUT2D eigenvalue weighted by molar-refractivity contribution is 4.82. The summed E-state index contributed by atoms with van der Waals surface area (Å²) in [6.07, 6.45) is 9.66. The Kier molecular flexibility index (Phi) is 7.20. The lowest BCUT2D eigenvalue weighted by atomic mass is 9.92. The van der Waals surface area contributed by atoms with Gasteiger partial charge in [0.05, 0.1) is 6.61 Å². The highest BCUT2D eigenvalue weighted by atomic mass is 16.3. The Bertz CT molecular complexity index is 217. The molecule has 0 spiro atoms. The first kappa shape index (κ1) is 15.9. The Morgan fingerprint density at radius 3 is 2.67 bits per heavy atom. The first-order valence-electron chi connectivity index (χ1n) is 7.79. The van der Waals surface area contributed by atoms with Gasteiger partial charge in [-0.2, -0.15) is 0 Å². The van der Waals surface area contributed by atoms with E-state index in [4.69, 9.17) is 5.73 Å². The molecule has 0 aliphatic carbocycles. The van der Waals surface area contributed by atoms with Crippen molar-refractivity contribution in [3.8, 4) is 0 Å². The van der Waals surface area contributed by atoms with E-state index in [0.717, 1.165) is 31.8 Å². The molecule has 1 aliphatic heterocycles. The van der Waals surface area contributed by atoms with Crippen molar-refractivity contribution in [2.45, 2.75) is 76.8 Å². The van der Waals surface area contributed by atoms with Crippen LogP contribution in [0, 0.1) is 0 Å². The quantitative estimate of drug-likeness (QED) is 0.736. The van der Waals surface area contributed by atoms with Crippen molar-refractivity contribution in [2.75, 3.05) is 19.7 Å². The summed E-state index contributed by atoms with van der Waals surface area (Å²) in [5, 5.41) is 9.33. The minimum absolute atomic E-state index is 0.112. The Hall–Kier alpha value is -0.120. The molecule has 0 aromatic carbocycles. The molecule has 3 heteroatoms. The van der Waals surface area contributed by atoms with Crippen LogP contribution >= 0.6 is 0 Å². The van der Waals surface area contributed by atoms with Crippen LogP contribution < -0.4 is 5.73 Å². The molecule has 3 nitrogen and oxygen atoms in total. The third-order valence-corrected chi connectivity index (χ3v) is 4.61. The molecule has 0 aromatic heterocycles. The van der Waals surface area contributed by atoms with Crippen molar-refractivity contribution in [2.24, 2.45) is 5.73 Å². The molecular weight excluding hydrogens is 224 g/mol. The van der Waals surface area contributed by atoms with E-state index in [-0.39, 0.29) is 12.1 Å². The first-order chi connectivity index (χ1) is 8.65. The third kappa shape index (κ3) is 4.87. The lowest BCUT2D eigenvalue weighted by molar-refractivity contribution is 0.156. The van der Waals surface area contributed by atoms with Crippen molar-refractivity contribution in [1.29, 1.82) is 0 Å². The molecule has 18 heavy (non-hydrogen) atoms. The summed E-state index contributed by atoms with van der Waals surface area (Å²) in [5.41, 5.74) is 5.79. The van der Waals surface area contributed by atoms with Crippen LogP contribution in [0.1, 0.15) is 65.2 Å². The molecule has 0 saturated carbocycles. The van der Waals surface area contributed by atoms with Crippen LogP contribution in [0.15, 0.2) is 0 Å². The fraction of sp³-hybridized carbons (Fsp3) is 1.00. The number of hydrogen-bond donors (Lipinski definition) is 2. The molecule has 3 N–H and O–H groups in total. The molecule has 1 aliphatic rings. The standard InChI is InChI=1S/C15H32N2O/c1-3-14-9-6-5-7-11-17(14)12-8-10-15(16,4-2)13-18/h14,18H,3-13,16H2,1-2H3. The van der Waals surface area contributed by atoms with Crippen LogP contribution in [-0.4, -0.2) is 41.3 Å². The van der Waals surface area contributed by atoms with Crippen LogP contribution in [0.3, 0.4) is 0 Å². The van der Waals surface area contributed by atoms with Gasteiger partial charge in [0.25, 0.3) is 0 Å². The second kappa shape index (κ2) is 8.13. The fourth-order valence-corrected chi connectivity index (χ4v) is 3.00. The zero-order chi connectivity index (χ0) is 13.4. The van der Waals surface area contributed by atoms with Crippen LogP contribution in [0.5, 0.6) is 0 Å². The number of aliphatic hydroxyl groups excluding tert-OH is 1. The summed E-state index contributed by atoms with van der Waals surface area (Å²) >= 11 is 0. The molecule has 2 unspecified atom stereocenters. The van der Waals surface area contributed by atoms with Crippen LogP contribution in [0.2, 0.25) is 0 Å². The molecular formula is C15H32N2O. The van der Waals surface area contributed by atoms with Crippen LogP contribution in [0.25, 0.3) is 0 Å². The van der Waals surface area contributed by atoms with Gasteiger partial charge >= 0.3 is 0 Å². The van der Waals surface area contributed by atoms with Gasteiger partial charge < -0.3 is 15.7 Å². The van der Waals surface area contributed by atoms with Gasteiger partial charge in [-0.3, -0.25) is 0 Å². The predicted molar refractivity (Wildman–Crippen MR) is 77.6 cm³/mol. The summed E-state index contributed by atoms with van der Waals surface area (Å²) in [6.45, 7) is 6.88. The number of aliphatic hydroxyl groups is 1. The van der Waals surface area contributed by atoms with Gasteiger partial charge in [0, 0.05) is 11.6 Å². The molecule has 1 fully saturated rings. The van der Waals surface area contributed by atoms with E-state index < -0.39 is 0 Å². The predicted octanol–water partition coefficient (Wildman–Crippen LogP) is 2.52. The third-order valence-electron chi connectivity index (χ3n) is 4.61. The van der Waals surface area contributed by atoms with Crippen molar-refractivity contribution in [3.63, 3.8) is 0 Å². The number of likely N-dealkylation sites (tertiary alicyclic amines) is 1. The first-order valence-corrected chi connectivity index (χ1v) is 7.79. The van der Waals surface area contributed by atoms with E-state index in [0.29, 0.717) is 0 Å². The fourth-order valence-electron chi connectivity index (χ4n) is 3.00. The summed E-state index contributed by atoms with van der Waals surface area (Å²) in [4.78, 5) is 2.65. The van der Waals surface area contributed by atoms with Crippen molar-refractivity contribution in [1.82, 2.24) is 4.90 Å². The van der Waals surface area contributed by atoms with Gasteiger partial charge in [-0.05, 0) is 51.6 Å². The second-order valence-electron chi connectivity index (χ2n) is 5.92. The van der Waals surface area contributed by atoms with E-state index in [1.807, 2.05) is 0 Å². The normalized spacial score (nSPS) is 25.7. The Morgan fingerprint density at radius 1 is 1.28 bits per heavy atom. The summed E-state index contributed by atoms with van der Waals surface area (Å²) in [7, 11) is 0. The topological polar surface area (TPSA) is 49.5 Å². The van der Waals surface area contributed by atoms with Gasteiger partial charge in [-0.1, -0.05) is 26.7 Å². The van der Waals surface area contributed by atoms with Crippen molar-refractivity contribution >= 4 is 0 Å². The van der Waals surface area contributed by atoms with E-state index in [9.17, 15) is 5.11 Å². The summed E-state index contributed by atoms with van der Waals surface area (Å²) in [6, 6.07) is 0.774. The van der Waals surface area contributed by atoms with Gasteiger partial charge in [-0.25, -0.2) is 0 Å². The van der Waals surface area contributed by atoms with Crippen molar-refractivity contribution < 1.29 is 5.11 Å². The molecule has 0 radical (unpaired) electrons. The monoisotopic (exact) mass is 256 g/mol. The van der Waals surface area contributed by atoms with Gasteiger partial charge in [0.1, 0.15) is 0 Å². The smallest absolute Gasteiger partial charge is 0.0611 e. The van der Waals surface area contributed by atoms with E-state index in [2.05, 4.69) is 18.7 Å².